The van der Waals surface area contributed by atoms with Gasteiger partial charge in [-0.25, -0.2) is 0 Å². The van der Waals surface area contributed by atoms with Gasteiger partial charge < -0.3 is 10.1 Å². The monoisotopic (exact) mass is 292 g/mol. The standard InChI is InChI=1S/C16H24N2OS/c1-16(2,3)9-14-11-18-15(20-14)17-10-12-5-7-13(19-4)8-6-12/h5-8,14H,9-11H2,1-4H3,(H,17,18). The summed E-state index contributed by atoms with van der Waals surface area (Å²) in [6, 6.07) is 8.14. The fourth-order valence-corrected chi connectivity index (χ4v) is 3.58. The number of nitrogens with zero attached hydrogens (tertiary/aromatic N) is 1. The maximum absolute atomic E-state index is 5.16. The van der Waals surface area contributed by atoms with Gasteiger partial charge in [-0.05, 0) is 29.5 Å². The van der Waals surface area contributed by atoms with E-state index in [9.17, 15) is 0 Å². The molecule has 2 rings (SSSR count). The molecule has 0 aromatic heterocycles. The maximum Gasteiger partial charge on any atom is 0.157 e. The molecule has 1 atom stereocenters. The Hall–Kier alpha value is -1.16. The van der Waals surface area contributed by atoms with Gasteiger partial charge in [-0.3, -0.25) is 4.99 Å². The highest BCUT2D eigenvalue weighted by Crippen LogP contribution is 2.31. The van der Waals surface area contributed by atoms with E-state index in [4.69, 9.17) is 4.74 Å². The minimum atomic E-state index is 0.374. The highest BCUT2D eigenvalue weighted by molar-refractivity contribution is 8.14. The zero-order valence-corrected chi connectivity index (χ0v) is 13.6. The number of thioether (sulfide) groups is 1. The van der Waals surface area contributed by atoms with E-state index in [1.165, 1.54) is 12.0 Å². The van der Waals surface area contributed by atoms with Crippen molar-refractivity contribution in [1.82, 2.24) is 5.32 Å². The molecule has 3 nitrogen and oxygen atoms in total. The van der Waals surface area contributed by atoms with Crippen LogP contribution in [0.15, 0.2) is 29.3 Å². The summed E-state index contributed by atoms with van der Waals surface area (Å²) >= 11 is 1.88. The summed E-state index contributed by atoms with van der Waals surface area (Å²) in [5.74, 6) is 0.895. The lowest BCUT2D eigenvalue weighted by Gasteiger charge is -2.21. The molecule has 110 valence electrons. The molecule has 1 aromatic rings. The second kappa shape index (κ2) is 6.53. The van der Waals surface area contributed by atoms with Gasteiger partial charge in [-0.1, -0.05) is 44.7 Å². The summed E-state index contributed by atoms with van der Waals surface area (Å²) in [7, 11) is 1.69. The van der Waals surface area contributed by atoms with Crippen LogP contribution in [0, 0.1) is 5.41 Å². The Kier molecular flexibility index (Phi) is 4.97. The van der Waals surface area contributed by atoms with Crippen LogP contribution in [0.4, 0.5) is 0 Å². The van der Waals surface area contributed by atoms with Crippen LogP contribution < -0.4 is 10.1 Å². The van der Waals surface area contributed by atoms with Gasteiger partial charge in [0.25, 0.3) is 0 Å². The predicted octanol–water partition coefficient (Wildman–Crippen LogP) is 3.69. The van der Waals surface area contributed by atoms with E-state index in [-0.39, 0.29) is 0 Å². The fourth-order valence-electron chi connectivity index (χ4n) is 2.22. The minimum absolute atomic E-state index is 0.374. The van der Waals surface area contributed by atoms with Gasteiger partial charge in [-0.2, -0.15) is 0 Å². The quantitative estimate of drug-likeness (QED) is 0.919. The van der Waals surface area contributed by atoms with Crippen LogP contribution in [0.2, 0.25) is 0 Å². The second-order valence-electron chi connectivity index (χ2n) is 6.35. The molecule has 1 unspecified atom stereocenters. The van der Waals surface area contributed by atoms with Crippen LogP contribution in [0.25, 0.3) is 0 Å². The molecule has 4 heteroatoms. The van der Waals surface area contributed by atoms with Crippen molar-refractivity contribution in [2.24, 2.45) is 10.4 Å². The van der Waals surface area contributed by atoms with E-state index in [2.05, 4.69) is 43.2 Å². The summed E-state index contributed by atoms with van der Waals surface area (Å²) in [6.07, 6.45) is 1.20. The first kappa shape index (κ1) is 15.2. The number of hydrogen-bond donors (Lipinski definition) is 1. The predicted molar refractivity (Wildman–Crippen MR) is 87.6 cm³/mol. The minimum Gasteiger partial charge on any atom is -0.497 e. The normalized spacial score (nSPS) is 18.8. The van der Waals surface area contributed by atoms with Crippen molar-refractivity contribution < 1.29 is 4.74 Å². The highest BCUT2D eigenvalue weighted by Gasteiger charge is 2.24. The Balaban J connectivity index is 1.77. The third-order valence-corrected chi connectivity index (χ3v) is 4.31. The summed E-state index contributed by atoms with van der Waals surface area (Å²) in [5.41, 5.74) is 1.62. The summed E-state index contributed by atoms with van der Waals surface area (Å²) < 4.78 is 5.16. The van der Waals surface area contributed by atoms with Crippen LogP contribution in [-0.4, -0.2) is 24.1 Å². The van der Waals surface area contributed by atoms with Gasteiger partial charge in [0.05, 0.1) is 13.7 Å². The van der Waals surface area contributed by atoms with Crippen molar-refractivity contribution in [1.29, 1.82) is 0 Å². The largest absolute Gasteiger partial charge is 0.497 e. The van der Waals surface area contributed by atoms with Crippen LogP contribution in [-0.2, 0) is 6.54 Å². The van der Waals surface area contributed by atoms with Gasteiger partial charge in [0, 0.05) is 11.8 Å². The number of amidine groups is 1. The van der Waals surface area contributed by atoms with Crippen LogP contribution in [0.3, 0.4) is 0 Å². The van der Waals surface area contributed by atoms with Crippen LogP contribution in [0.5, 0.6) is 5.75 Å². The molecule has 1 aromatic carbocycles. The molecule has 0 radical (unpaired) electrons. The van der Waals surface area contributed by atoms with Crippen molar-refractivity contribution in [3.8, 4) is 5.75 Å². The number of aliphatic imine (C=N–C) groups is 1. The molecule has 1 heterocycles. The molecular weight excluding hydrogens is 268 g/mol. The Labute approximate surface area is 126 Å². The summed E-state index contributed by atoms with van der Waals surface area (Å²) in [6.45, 7) is 8.62. The molecule has 0 spiro atoms. The molecule has 20 heavy (non-hydrogen) atoms. The zero-order chi connectivity index (χ0) is 14.6. The van der Waals surface area contributed by atoms with Gasteiger partial charge in [0.1, 0.15) is 5.75 Å². The van der Waals surface area contributed by atoms with Gasteiger partial charge in [-0.15, -0.1) is 0 Å². The first-order valence-corrected chi connectivity index (χ1v) is 7.92. The molecular formula is C16H24N2OS. The van der Waals surface area contributed by atoms with Crippen LogP contribution >= 0.6 is 11.8 Å². The zero-order valence-electron chi connectivity index (χ0n) is 12.8. The number of nitrogens with one attached hydrogen (secondary N) is 1. The number of benzene rings is 1. The number of ether oxygens (including phenoxy) is 1. The molecule has 1 N–H and O–H groups in total. The third-order valence-electron chi connectivity index (χ3n) is 3.16. The Morgan fingerprint density at radius 2 is 2.00 bits per heavy atom. The van der Waals surface area contributed by atoms with Gasteiger partial charge in [0.2, 0.25) is 0 Å². The number of hydrogen-bond acceptors (Lipinski definition) is 4. The van der Waals surface area contributed by atoms with E-state index in [0.717, 1.165) is 24.0 Å². The van der Waals surface area contributed by atoms with E-state index in [0.29, 0.717) is 10.7 Å². The van der Waals surface area contributed by atoms with Crippen molar-refractivity contribution in [2.45, 2.75) is 39.0 Å². The Morgan fingerprint density at radius 3 is 2.60 bits per heavy atom. The molecule has 1 aliphatic heterocycles. The average molecular weight is 292 g/mol. The first-order chi connectivity index (χ1) is 9.46. The Morgan fingerprint density at radius 1 is 1.30 bits per heavy atom. The van der Waals surface area contributed by atoms with Crippen molar-refractivity contribution in [3.05, 3.63) is 29.8 Å². The van der Waals surface area contributed by atoms with Crippen molar-refractivity contribution >= 4 is 16.9 Å². The van der Waals surface area contributed by atoms with E-state index in [1.54, 1.807) is 7.11 Å². The topological polar surface area (TPSA) is 33.6 Å². The van der Waals surface area contributed by atoms with E-state index < -0.39 is 0 Å². The van der Waals surface area contributed by atoms with Crippen molar-refractivity contribution in [2.75, 3.05) is 13.7 Å². The molecule has 1 aliphatic rings. The molecule has 0 fully saturated rings. The average Bonchev–Trinajstić information content (AvgIpc) is 2.82. The lowest BCUT2D eigenvalue weighted by atomic mass is 9.90. The molecule has 0 aliphatic carbocycles. The van der Waals surface area contributed by atoms with Crippen LogP contribution in [0.1, 0.15) is 32.8 Å². The molecule has 0 saturated carbocycles. The molecule has 0 amide bonds. The lowest BCUT2D eigenvalue weighted by molar-refractivity contribution is 0.375. The smallest absolute Gasteiger partial charge is 0.157 e. The Bertz CT molecular complexity index is 462. The summed E-state index contributed by atoms with van der Waals surface area (Å²) in [5, 5.41) is 5.12. The molecule has 0 bridgehead atoms. The van der Waals surface area contributed by atoms with E-state index >= 15 is 0 Å². The summed E-state index contributed by atoms with van der Waals surface area (Å²) in [4.78, 5) is 4.59. The third kappa shape index (κ3) is 4.75. The first-order valence-electron chi connectivity index (χ1n) is 7.04. The number of rotatable bonds is 4. The lowest BCUT2D eigenvalue weighted by Crippen LogP contribution is -2.20. The van der Waals surface area contributed by atoms with Gasteiger partial charge in [0.15, 0.2) is 5.17 Å². The maximum atomic E-state index is 5.16. The second-order valence-corrected chi connectivity index (χ2v) is 7.64. The number of methoxy groups -OCH3 is 1. The molecule has 0 saturated heterocycles. The fraction of sp³-hybridized carbons (Fsp3) is 0.562. The van der Waals surface area contributed by atoms with Crippen molar-refractivity contribution in [3.63, 3.8) is 0 Å². The van der Waals surface area contributed by atoms with E-state index in [1.807, 2.05) is 23.9 Å². The SMILES string of the molecule is COc1ccc(CNC2=NCC(CC(C)(C)C)S2)cc1. The van der Waals surface area contributed by atoms with Gasteiger partial charge >= 0.3 is 0 Å². The highest BCUT2D eigenvalue weighted by atomic mass is 32.2.